The van der Waals surface area contributed by atoms with Crippen LogP contribution in [0.1, 0.15) is 64.5 Å². The summed E-state index contributed by atoms with van der Waals surface area (Å²) < 4.78 is 83.6. The minimum atomic E-state index is -5.29. The summed E-state index contributed by atoms with van der Waals surface area (Å²) in [7, 11) is -10.6. The summed E-state index contributed by atoms with van der Waals surface area (Å²) in [5.41, 5.74) is -2.92. The molecule has 0 heterocycles. The van der Waals surface area contributed by atoms with Gasteiger partial charge in [0, 0.05) is 11.1 Å². The van der Waals surface area contributed by atoms with E-state index < -0.39 is 85.6 Å². The van der Waals surface area contributed by atoms with Gasteiger partial charge < -0.3 is 19.6 Å². The van der Waals surface area contributed by atoms with Crippen LogP contribution in [0.4, 0.5) is 17.6 Å². The van der Waals surface area contributed by atoms with Crippen LogP contribution in [0, 0.1) is 23.3 Å². The predicted molar refractivity (Wildman–Crippen MR) is 94.9 cm³/mol. The maximum atomic E-state index is 14.9. The highest BCUT2D eigenvalue weighted by Gasteiger charge is 2.54. The molecule has 0 radical (unpaired) electrons. The van der Waals surface area contributed by atoms with Gasteiger partial charge in [-0.1, -0.05) is 27.7 Å². The number of benzene rings is 1. The minimum Gasteiger partial charge on any atom is -0.324 e. The monoisotopic (exact) mass is 450 g/mol. The quantitative estimate of drug-likeness (QED) is 0.261. The Hall–Kier alpha value is -0.760. The Morgan fingerprint density at radius 2 is 0.786 bits per heavy atom. The van der Waals surface area contributed by atoms with Crippen molar-refractivity contribution >= 4 is 15.2 Å². The lowest BCUT2D eigenvalue weighted by atomic mass is 9.85. The first-order valence-corrected chi connectivity index (χ1v) is 11.8. The molecule has 0 unspecified atom stereocenters. The summed E-state index contributed by atoms with van der Waals surface area (Å²) in [6.07, 6.45) is -2.15. The number of hydrogen-bond donors (Lipinski definition) is 4. The predicted octanol–water partition coefficient (Wildman–Crippen LogP) is 4.63. The third kappa shape index (κ3) is 3.48. The Kier molecular flexibility index (Phi) is 7.37. The lowest BCUT2D eigenvalue weighted by Crippen LogP contribution is -2.33. The molecule has 1 rings (SSSR count). The molecule has 1 aromatic rings. The van der Waals surface area contributed by atoms with Crippen LogP contribution in [0.3, 0.4) is 0 Å². The zero-order valence-electron chi connectivity index (χ0n) is 15.8. The van der Waals surface area contributed by atoms with E-state index >= 15 is 0 Å². The minimum absolute atomic E-state index is 0.537. The Morgan fingerprint density at radius 1 is 0.607 bits per heavy atom. The van der Waals surface area contributed by atoms with E-state index in [2.05, 4.69) is 0 Å². The van der Waals surface area contributed by atoms with Crippen LogP contribution in [0.25, 0.3) is 0 Å². The van der Waals surface area contributed by atoms with Gasteiger partial charge in [0.1, 0.15) is 10.3 Å². The van der Waals surface area contributed by atoms with Crippen molar-refractivity contribution in [3.63, 3.8) is 0 Å². The van der Waals surface area contributed by atoms with Crippen LogP contribution < -0.4 is 0 Å². The van der Waals surface area contributed by atoms with Gasteiger partial charge in [0.2, 0.25) is 0 Å². The SMILES string of the molecule is CCC(CC)(c1c(F)c(F)c(C(CC)(CC)P(=O)(O)O)c(F)c1F)P(=O)(O)O. The van der Waals surface area contributed by atoms with Gasteiger partial charge in [0.25, 0.3) is 0 Å². The molecule has 0 bridgehead atoms. The fraction of sp³-hybridized carbons (Fsp3) is 0.625. The molecule has 12 heteroatoms. The second-order valence-electron chi connectivity index (χ2n) is 6.57. The normalized spacial score (nSPS) is 13.9. The van der Waals surface area contributed by atoms with E-state index in [-0.39, 0.29) is 0 Å². The molecule has 1 aromatic carbocycles. The molecule has 6 nitrogen and oxygen atoms in total. The van der Waals surface area contributed by atoms with Crippen LogP contribution in [0.5, 0.6) is 0 Å². The molecule has 0 atom stereocenters. The van der Waals surface area contributed by atoms with Gasteiger partial charge in [-0.15, -0.1) is 0 Å². The van der Waals surface area contributed by atoms with Crippen molar-refractivity contribution < 1.29 is 46.3 Å². The van der Waals surface area contributed by atoms with Gasteiger partial charge in [-0.25, -0.2) is 17.6 Å². The van der Waals surface area contributed by atoms with E-state index in [0.29, 0.717) is 0 Å². The summed E-state index contributed by atoms with van der Waals surface area (Å²) in [4.78, 5) is 38.7. The van der Waals surface area contributed by atoms with E-state index in [1.54, 1.807) is 0 Å². The fourth-order valence-electron chi connectivity index (χ4n) is 3.77. The van der Waals surface area contributed by atoms with E-state index in [1.807, 2.05) is 0 Å². The molecule has 0 aromatic heterocycles. The van der Waals surface area contributed by atoms with Gasteiger partial charge in [0.15, 0.2) is 23.3 Å². The van der Waals surface area contributed by atoms with E-state index in [0.717, 1.165) is 0 Å². The maximum Gasteiger partial charge on any atom is 0.336 e. The second-order valence-corrected chi connectivity index (χ2v) is 10.5. The van der Waals surface area contributed by atoms with Crippen LogP contribution >= 0.6 is 15.2 Å². The molecule has 4 N–H and O–H groups in total. The Morgan fingerprint density at radius 3 is 0.893 bits per heavy atom. The fourth-order valence-corrected chi connectivity index (χ4v) is 6.39. The van der Waals surface area contributed by atoms with Crippen LogP contribution in [-0.4, -0.2) is 19.6 Å². The highest BCUT2D eigenvalue weighted by Crippen LogP contribution is 2.65. The summed E-state index contributed by atoms with van der Waals surface area (Å²) in [5, 5.41) is -5.07. The van der Waals surface area contributed by atoms with Gasteiger partial charge >= 0.3 is 15.2 Å². The van der Waals surface area contributed by atoms with Crippen LogP contribution in [0.15, 0.2) is 0 Å². The van der Waals surface area contributed by atoms with Gasteiger partial charge in [-0.05, 0) is 25.7 Å². The standard InChI is InChI=1S/C16H24F4O6P2/c1-5-15(6-2,27(21,22)23)9-11(17)13(19)10(14(20)12(9)18)16(7-3,8-4)28(24,25)26/h5-8H2,1-4H3,(H2,21,22,23)(H2,24,25,26). The summed E-state index contributed by atoms with van der Waals surface area (Å²) in [5.74, 6) is -8.28. The zero-order valence-corrected chi connectivity index (χ0v) is 17.6. The Labute approximate surface area is 160 Å². The van der Waals surface area contributed by atoms with Crippen molar-refractivity contribution in [2.45, 2.75) is 63.7 Å². The average molecular weight is 450 g/mol. The highest BCUT2D eigenvalue weighted by molar-refractivity contribution is 7.53. The molecule has 162 valence electrons. The average Bonchev–Trinajstić information content (AvgIpc) is 2.58. The first-order chi connectivity index (χ1) is 12.6. The number of rotatable bonds is 8. The molecular weight excluding hydrogens is 426 g/mol. The van der Waals surface area contributed by atoms with Crippen molar-refractivity contribution in [1.82, 2.24) is 0 Å². The lowest BCUT2D eigenvalue weighted by Gasteiger charge is -2.36. The summed E-state index contributed by atoms with van der Waals surface area (Å²) in [6, 6.07) is 0. The molecule has 0 aliphatic heterocycles. The molecule has 28 heavy (non-hydrogen) atoms. The zero-order chi connectivity index (χ0) is 22.3. The lowest BCUT2D eigenvalue weighted by molar-refractivity contribution is 0.287. The molecule has 0 saturated carbocycles. The van der Waals surface area contributed by atoms with E-state index in [1.165, 1.54) is 27.7 Å². The topological polar surface area (TPSA) is 115 Å². The molecule has 0 aliphatic rings. The molecule has 0 saturated heterocycles. The van der Waals surface area contributed by atoms with E-state index in [4.69, 9.17) is 0 Å². The Balaban J connectivity index is 4.18. The van der Waals surface area contributed by atoms with Gasteiger partial charge in [0.05, 0.1) is 0 Å². The maximum absolute atomic E-state index is 14.9. The highest BCUT2D eigenvalue weighted by atomic mass is 31.2. The van der Waals surface area contributed by atoms with Crippen molar-refractivity contribution in [3.8, 4) is 0 Å². The molecule has 0 amide bonds. The third-order valence-electron chi connectivity index (χ3n) is 5.65. The number of halogens is 4. The van der Waals surface area contributed by atoms with Gasteiger partial charge in [-0.3, -0.25) is 9.13 Å². The summed E-state index contributed by atoms with van der Waals surface area (Å²) >= 11 is 0. The smallest absolute Gasteiger partial charge is 0.324 e. The Bertz CT molecular complexity index is 742. The first kappa shape index (κ1) is 25.3. The first-order valence-electron chi connectivity index (χ1n) is 8.61. The van der Waals surface area contributed by atoms with Crippen molar-refractivity contribution in [3.05, 3.63) is 34.4 Å². The van der Waals surface area contributed by atoms with Crippen molar-refractivity contribution in [1.29, 1.82) is 0 Å². The molecule has 0 spiro atoms. The molecule has 0 aliphatic carbocycles. The molecule has 0 fully saturated rings. The van der Waals surface area contributed by atoms with Gasteiger partial charge in [-0.2, -0.15) is 0 Å². The third-order valence-corrected chi connectivity index (χ3v) is 9.59. The molecular formula is C16H24F4O6P2. The van der Waals surface area contributed by atoms with Crippen LogP contribution in [0.2, 0.25) is 0 Å². The summed E-state index contributed by atoms with van der Waals surface area (Å²) in [6.45, 7) is 4.79. The van der Waals surface area contributed by atoms with E-state index in [9.17, 15) is 46.3 Å². The number of hydrogen-bond acceptors (Lipinski definition) is 2. The largest absolute Gasteiger partial charge is 0.336 e. The second kappa shape index (κ2) is 8.17. The van der Waals surface area contributed by atoms with Crippen molar-refractivity contribution in [2.75, 3.05) is 0 Å². The van der Waals surface area contributed by atoms with Crippen LogP contribution in [-0.2, 0) is 19.4 Å². The van der Waals surface area contributed by atoms with Crippen molar-refractivity contribution in [2.24, 2.45) is 0 Å².